The van der Waals surface area contributed by atoms with Crippen molar-refractivity contribution in [1.29, 1.82) is 0 Å². The molecule has 1 saturated heterocycles. The maximum atomic E-state index is 6.72. The molecule has 1 fully saturated rings. The number of nitrogens with zero attached hydrogens (tertiary/aromatic N) is 6. The molecule has 1 aliphatic rings. The summed E-state index contributed by atoms with van der Waals surface area (Å²) in [4.78, 5) is 16.2. The summed E-state index contributed by atoms with van der Waals surface area (Å²) in [6.07, 6.45) is 7.67. The third-order valence-corrected chi connectivity index (χ3v) is 11.6. The van der Waals surface area contributed by atoms with Crippen molar-refractivity contribution >= 4 is 36.4 Å². The van der Waals surface area contributed by atoms with Crippen LogP contribution in [0.1, 0.15) is 37.4 Å². The predicted octanol–water partition coefficient (Wildman–Crippen LogP) is 8.17. The number of ether oxygens (including phenoxy) is 1. The summed E-state index contributed by atoms with van der Waals surface area (Å²) in [5.41, 5.74) is 7.04. The summed E-state index contributed by atoms with van der Waals surface area (Å²) in [7, 11) is 0.0286. The van der Waals surface area contributed by atoms with Gasteiger partial charge in [0.05, 0.1) is 25.5 Å². The molecule has 46 heavy (non-hydrogen) atoms. The molecule has 3 aromatic heterocycles. The van der Waals surface area contributed by atoms with Crippen LogP contribution in [0.4, 0.5) is 16.8 Å². The normalized spacial score (nSPS) is 15.0. The molecule has 1 N–H and O–H groups in total. The molecule has 6 rings (SSSR count). The molecule has 1 aliphatic heterocycles. The van der Waals surface area contributed by atoms with Gasteiger partial charge in [0.15, 0.2) is 13.4 Å². The Morgan fingerprint density at radius 3 is 2.72 bits per heavy atom. The van der Waals surface area contributed by atoms with E-state index in [1.54, 1.807) is 13.3 Å². The van der Waals surface area contributed by atoms with Gasteiger partial charge in [0, 0.05) is 53.4 Å². The standard InChI is InChI=1S/C35H43N7O2SSi/c1-6-7-19-46(4,5)44-30-16-18-41(22-30)28-10-8-9-27(20-28)33-31(23-42(40-33)21-26-11-13-29(43-3)14-12-26)32-24-45-35(38-32)39-34-36-17-15-25(2)37-34/h8-15,17,20,23-24,30H,6-7,16,18-19,21-22H2,1-5H3,(H,36,37,38,39). The van der Waals surface area contributed by atoms with Crippen LogP contribution >= 0.6 is 11.3 Å². The van der Waals surface area contributed by atoms with Crippen molar-refractivity contribution in [2.75, 3.05) is 30.4 Å². The molecule has 0 radical (unpaired) electrons. The molecule has 0 amide bonds. The van der Waals surface area contributed by atoms with E-state index >= 15 is 0 Å². The summed E-state index contributed by atoms with van der Waals surface area (Å²) in [6.45, 7) is 11.5. The number of rotatable bonds is 13. The van der Waals surface area contributed by atoms with Crippen molar-refractivity contribution in [1.82, 2.24) is 24.7 Å². The lowest BCUT2D eigenvalue weighted by Crippen LogP contribution is -2.36. The molecule has 1 unspecified atom stereocenters. The zero-order chi connectivity index (χ0) is 32.1. The van der Waals surface area contributed by atoms with E-state index < -0.39 is 8.32 Å². The molecule has 0 saturated carbocycles. The van der Waals surface area contributed by atoms with Crippen molar-refractivity contribution < 1.29 is 9.16 Å². The average Bonchev–Trinajstić information content (AvgIpc) is 3.81. The maximum Gasteiger partial charge on any atom is 0.229 e. The number of aromatic nitrogens is 5. The highest BCUT2D eigenvalue weighted by Crippen LogP contribution is 2.36. The van der Waals surface area contributed by atoms with Gasteiger partial charge in [0.2, 0.25) is 5.95 Å². The molecular formula is C35H43N7O2SSi. The van der Waals surface area contributed by atoms with Crippen LogP contribution in [0.15, 0.2) is 72.4 Å². The van der Waals surface area contributed by atoms with Crippen molar-refractivity contribution in [3.8, 4) is 28.3 Å². The van der Waals surface area contributed by atoms with E-state index in [0.29, 0.717) is 18.6 Å². The monoisotopic (exact) mass is 653 g/mol. The van der Waals surface area contributed by atoms with Crippen LogP contribution in [0, 0.1) is 6.92 Å². The minimum atomic E-state index is -1.65. The van der Waals surface area contributed by atoms with Crippen molar-refractivity contribution in [2.24, 2.45) is 0 Å². The molecule has 1 atom stereocenters. The lowest BCUT2D eigenvalue weighted by Gasteiger charge is -2.27. The summed E-state index contributed by atoms with van der Waals surface area (Å²) in [5, 5.41) is 11.2. The molecule has 0 aliphatic carbocycles. The first-order valence-corrected chi connectivity index (χ1v) is 20.0. The fourth-order valence-corrected chi connectivity index (χ4v) is 9.02. The Kier molecular flexibility index (Phi) is 9.81. The zero-order valence-electron chi connectivity index (χ0n) is 27.4. The smallest absolute Gasteiger partial charge is 0.229 e. The Hall–Kier alpha value is -4.06. The lowest BCUT2D eigenvalue weighted by atomic mass is 10.1. The fraction of sp³-hybridized carbons (Fsp3) is 0.371. The lowest BCUT2D eigenvalue weighted by molar-refractivity contribution is 0.213. The zero-order valence-corrected chi connectivity index (χ0v) is 29.2. The Bertz CT molecular complexity index is 1750. The minimum absolute atomic E-state index is 0.291. The molecule has 240 valence electrons. The first-order chi connectivity index (χ1) is 22.3. The maximum absolute atomic E-state index is 6.72. The second-order valence-corrected chi connectivity index (χ2v) is 17.6. The van der Waals surface area contributed by atoms with E-state index in [-0.39, 0.29) is 0 Å². The van der Waals surface area contributed by atoms with Crippen LogP contribution in [-0.4, -0.2) is 59.4 Å². The van der Waals surface area contributed by atoms with Crippen molar-refractivity contribution in [2.45, 2.75) is 64.9 Å². The third kappa shape index (κ3) is 7.83. The third-order valence-electron chi connectivity index (χ3n) is 8.31. The first-order valence-electron chi connectivity index (χ1n) is 16.0. The highest BCUT2D eigenvalue weighted by Gasteiger charge is 2.31. The van der Waals surface area contributed by atoms with Crippen LogP contribution in [-0.2, 0) is 11.0 Å². The number of aryl methyl sites for hydroxylation is 1. The van der Waals surface area contributed by atoms with Gasteiger partial charge in [-0.15, -0.1) is 11.3 Å². The van der Waals surface area contributed by atoms with E-state index in [1.165, 1.54) is 35.9 Å². The quantitative estimate of drug-likeness (QED) is 0.127. The van der Waals surface area contributed by atoms with Crippen LogP contribution in [0.3, 0.4) is 0 Å². The van der Waals surface area contributed by atoms with Crippen molar-refractivity contribution in [3.63, 3.8) is 0 Å². The number of anilines is 3. The van der Waals surface area contributed by atoms with Crippen LogP contribution < -0.4 is 15.0 Å². The van der Waals surface area contributed by atoms with Crippen LogP contribution in [0.5, 0.6) is 5.75 Å². The largest absolute Gasteiger partial charge is 0.497 e. The van der Waals surface area contributed by atoms with Gasteiger partial charge >= 0.3 is 0 Å². The molecule has 5 aromatic rings. The summed E-state index contributed by atoms with van der Waals surface area (Å²) in [5.74, 6) is 1.37. The van der Waals surface area contributed by atoms with E-state index in [9.17, 15) is 0 Å². The summed E-state index contributed by atoms with van der Waals surface area (Å²) < 4.78 is 14.1. The van der Waals surface area contributed by atoms with Gasteiger partial charge < -0.3 is 19.4 Å². The van der Waals surface area contributed by atoms with Gasteiger partial charge in [-0.25, -0.2) is 15.0 Å². The number of unbranched alkanes of at least 4 members (excludes halogenated alkanes) is 1. The molecule has 0 bridgehead atoms. The summed E-state index contributed by atoms with van der Waals surface area (Å²) >= 11 is 1.53. The number of hydrogen-bond donors (Lipinski definition) is 1. The number of nitrogens with one attached hydrogen (secondary N) is 1. The molecular weight excluding hydrogens is 611 g/mol. The predicted molar refractivity (Wildman–Crippen MR) is 190 cm³/mol. The second-order valence-electron chi connectivity index (χ2n) is 12.5. The van der Waals surface area contributed by atoms with Crippen molar-refractivity contribution in [3.05, 3.63) is 83.6 Å². The number of thiazole rings is 1. The van der Waals surface area contributed by atoms with E-state index in [4.69, 9.17) is 19.2 Å². The molecule has 0 spiro atoms. The Morgan fingerprint density at radius 2 is 1.93 bits per heavy atom. The Morgan fingerprint density at radius 1 is 1.09 bits per heavy atom. The van der Waals surface area contributed by atoms with E-state index in [0.717, 1.165) is 64.2 Å². The fourth-order valence-electron chi connectivity index (χ4n) is 5.90. The van der Waals surface area contributed by atoms with Crippen LogP contribution in [0.2, 0.25) is 19.1 Å². The molecule has 4 heterocycles. The van der Waals surface area contributed by atoms with E-state index in [2.05, 4.69) is 88.2 Å². The average molecular weight is 654 g/mol. The van der Waals surface area contributed by atoms with Crippen LogP contribution in [0.25, 0.3) is 22.5 Å². The van der Waals surface area contributed by atoms with E-state index in [1.807, 2.05) is 29.8 Å². The number of methoxy groups -OCH3 is 1. The number of hydrogen-bond acceptors (Lipinski definition) is 9. The van der Waals surface area contributed by atoms with Gasteiger partial charge in [-0.3, -0.25) is 4.68 Å². The Labute approximate surface area is 276 Å². The SMILES string of the molecule is CCCC[Si](C)(C)OC1CCN(c2cccc(-c3nn(Cc4ccc(OC)cc4)cc3-c3csc(Nc4nccc(C)n4)n3)c2)C1. The van der Waals surface area contributed by atoms with Gasteiger partial charge in [0.1, 0.15) is 11.4 Å². The number of benzene rings is 2. The highest BCUT2D eigenvalue weighted by atomic mass is 32.1. The first kappa shape index (κ1) is 31.9. The highest BCUT2D eigenvalue weighted by molar-refractivity contribution is 7.14. The van der Waals surface area contributed by atoms with Gasteiger partial charge in [-0.05, 0) is 68.4 Å². The Balaban J connectivity index is 1.27. The molecule has 2 aromatic carbocycles. The second kappa shape index (κ2) is 14.1. The van der Waals surface area contributed by atoms with Gasteiger partial charge in [-0.2, -0.15) is 5.10 Å². The van der Waals surface area contributed by atoms with Gasteiger partial charge in [0.25, 0.3) is 0 Å². The topological polar surface area (TPSA) is 90.2 Å². The molecule has 11 heteroatoms. The molecule has 9 nitrogen and oxygen atoms in total. The summed E-state index contributed by atoms with van der Waals surface area (Å²) in [6, 6.07) is 20.0. The van der Waals surface area contributed by atoms with Gasteiger partial charge in [-0.1, -0.05) is 44.0 Å². The minimum Gasteiger partial charge on any atom is -0.497 e.